The first-order chi connectivity index (χ1) is 11.3. The highest BCUT2D eigenvalue weighted by Gasteiger charge is 2.25. The molecule has 0 radical (unpaired) electrons. The van der Waals surface area contributed by atoms with Crippen LogP contribution in [0.15, 0.2) is 47.4 Å². The molecule has 1 unspecified atom stereocenters. The molecular formula is C16H15ClN2O4S. The number of benzene rings is 2. The maximum absolute atomic E-state index is 12.4. The number of halogens is 1. The zero-order valence-electron chi connectivity index (χ0n) is 12.7. The van der Waals surface area contributed by atoms with Gasteiger partial charge in [0.1, 0.15) is 5.75 Å². The van der Waals surface area contributed by atoms with Gasteiger partial charge in [0.2, 0.25) is 10.0 Å². The normalized spacial score (nSPS) is 16.9. The van der Waals surface area contributed by atoms with Crippen LogP contribution in [-0.2, 0) is 21.4 Å². The summed E-state index contributed by atoms with van der Waals surface area (Å²) < 4.78 is 32.8. The molecule has 126 valence electrons. The average molecular weight is 367 g/mol. The lowest BCUT2D eigenvalue weighted by Gasteiger charge is -2.23. The van der Waals surface area contributed by atoms with Gasteiger partial charge >= 0.3 is 0 Å². The van der Waals surface area contributed by atoms with Gasteiger partial charge in [-0.15, -0.1) is 0 Å². The van der Waals surface area contributed by atoms with Crippen LogP contribution in [-0.4, -0.2) is 20.4 Å². The number of sulfonamides is 1. The van der Waals surface area contributed by atoms with E-state index in [2.05, 4.69) is 10.0 Å². The molecule has 3 rings (SSSR count). The topological polar surface area (TPSA) is 84.5 Å². The Kier molecular flexibility index (Phi) is 4.49. The Balaban J connectivity index is 1.78. The van der Waals surface area contributed by atoms with Crippen molar-refractivity contribution in [3.8, 4) is 5.75 Å². The lowest BCUT2D eigenvalue weighted by atomic mass is 10.2. The maximum atomic E-state index is 12.4. The summed E-state index contributed by atoms with van der Waals surface area (Å²) in [6, 6.07) is 11.2. The third-order valence-electron chi connectivity index (χ3n) is 3.57. The van der Waals surface area contributed by atoms with Crippen LogP contribution in [0.1, 0.15) is 12.5 Å². The number of amides is 1. The van der Waals surface area contributed by atoms with Gasteiger partial charge in [-0.05, 0) is 42.8 Å². The lowest BCUT2D eigenvalue weighted by molar-refractivity contribution is -0.122. The van der Waals surface area contributed by atoms with Crippen molar-refractivity contribution in [2.75, 3.05) is 5.32 Å². The van der Waals surface area contributed by atoms with E-state index in [-0.39, 0.29) is 17.3 Å². The molecule has 2 aromatic rings. The van der Waals surface area contributed by atoms with Crippen LogP contribution in [0.3, 0.4) is 0 Å². The summed E-state index contributed by atoms with van der Waals surface area (Å²) in [5.41, 5.74) is 1.12. The second kappa shape index (κ2) is 6.43. The van der Waals surface area contributed by atoms with Crippen molar-refractivity contribution < 1.29 is 17.9 Å². The number of fused-ring (bicyclic) bond motifs is 1. The van der Waals surface area contributed by atoms with Crippen LogP contribution in [0, 0.1) is 0 Å². The molecule has 0 fully saturated rings. The van der Waals surface area contributed by atoms with Crippen molar-refractivity contribution in [1.82, 2.24) is 4.72 Å². The summed E-state index contributed by atoms with van der Waals surface area (Å²) in [6.45, 7) is 1.76. The second-order valence-corrected chi connectivity index (χ2v) is 7.56. The fourth-order valence-corrected chi connectivity index (χ4v) is 3.39. The highest BCUT2D eigenvalue weighted by molar-refractivity contribution is 7.89. The summed E-state index contributed by atoms with van der Waals surface area (Å²) in [7, 11) is -3.72. The molecule has 8 heteroatoms. The van der Waals surface area contributed by atoms with E-state index in [1.807, 2.05) is 0 Å². The van der Waals surface area contributed by atoms with Crippen LogP contribution in [0.2, 0.25) is 5.02 Å². The van der Waals surface area contributed by atoms with Gasteiger partial charge in [-0.3, -0.25) is 4.79 Å². The number of carbonyl (C=O) groups excluding carboxylic acids is 1. The summed E-state index contributed by atoms with van der Waals surface area (Å²) >= 11 is 5.80. The molecule has 1 amide bonds. The molecule has 1 aliphatic heterocycles. The van der Waals surface area contributed by atoms with E-state index < -0.39 is 16.1 Å². The molecule has 0 aromatic heterocycles. The van der Waals surface area contributed by atoms with Gasteiger partial charge in [0.25, 0.3) is 5.91 Å². The molecule has 1 aliphatic rings. The number of anilines is 1. The smallest absolute Gasteiger partial charge is 0.265 e. The molecule has 0 saturated carbocycles. The van der Waals surface area contributed by atoms with Crippen LogP contribution >= 0.6 is 11.6 Å². The van der Waals surface area contributed by atoms with Gasteiger partial charge in [-0.25, -0.2) is 13.1 Å². The van der Waals surface area contributed by atoms with Gasteiger partial charge in [-0.1, -0.05) is 23.7 Å². The van der Waals surface area contributed by atoms with Crippen LogP contribution in [0.5, 0.6) is 5.75 Å². The molecule has 6 nitrogen and oxygen atoms in total. The van der Waals surface area contributed by atoms with Crippen molar-refractivity contribution >= 4 is 33.2 Å². The number of ether oxygens (including phenoxy) is 1. The van der Waals surface area contributed by atoms with E-state index in [0.717, 1.165) is 5.56 Å². The summed E-state index contributed by atoms with van der Waals surface area (Å²) in [5.74, 6) is 0.130. The number of hydrogen-bond donors (Lipinski definition) is 2. The van der Waals surface area contributed by atoms with Gasteiger partial charge in [0, 0.05) is 11.6 Å². The molecular weight excluding hydrogens is 352 g/mol. The van der Waals surface area contributed by atoms with Crippen LogP contribution in [0.4, 0.5) is 5.69 Å². The maximum Gasteiger partial charge on any atom is 0.265 e. The Bertz CT molecular complexity index is 881. The number of nitrogens with one attached hydrogen (secondary N) is 2. The third-order valence-corrected chi connectivity index (χ3v) is 5.22. The number of rotatable bonds is 4. The Labute approximate surface area is 144 Å². The van der Waals surface area contributed by atoms with E-state index in [4.69, 9.17) is 16.3 Å². The van der Waals surface area contributed by atoms with Gasteiger partial charge in [-0.2, -0.15) is 0 Å². The predicted octanol–water partition coefficient (Wildman–Crippen LogP) is 2.54. The van der Waals surface area contributed by atoms with Crippen molar-refractivity contribution in [2.24, 2.45) is 0 Å². The zero-order chi connectivity index (χ0) is 17.3. The fourth-order valence-electron chi connectivity index (χ4n) is 2.22. The quantitative estimate of drug-likeness (QED) is 0.870. The first-order valence-corrected chi connectivity index (χ1v) is 9.07. The Morgan fingerprint density at radius 3 is 2.62 bits per heavy atom. The minimum Gasteiger partial charge on any atom is -0.479 e. The van der Waals surface area contributed by atoms with Crippen molar-refractivity contribution in [2.45, 2.75) is 24.5 Å². The minimum atomic E-state index is -3.72. The van der Waals surface area contributed by atoms with Gasteiger partial charge in [0.05, 0.1) is 10.6 Å². The lowest BCUT2D eigenvalue weighted by Crippen LogP contribution is -2.34. The van der Waals surface area contributed by atoms with Crippen molar-refractivity contribution in [1.29, 1.82) is 0 Å². The zero-order valence-corrected chi connectivity index (χ0v) is 14.3. The van der Waals surface area contributed by atoms with E-state index in [9.17, 15) is 13.2 Å². The third kappa shape index (κ3) is 3.53. The summed E-state index contributed by atoms with van der Waals surface area (Å²) in [5, 5.41) is 3.22. The minimum absolute atomic E-state index is 0.0497. The van der Waals surface area contributed by atoms with E-state index in [1.54, 1.807) is 31.2 Å². The predicted molar refractivity (Wildman–Crippen MR) is 90.6 cm³/mol. The molecule has 0 bridgehead atoms. The van der Waals surface area contributed by atoms with E-state index >= 15 is 0 Å². The number of carbonyl (C=O) groups is 1. The van der Waals surface area contributed by atoms with Crippen LogP contribution < -0.4 is 14.8 Å². The van der Waals surface area contributed by atoms with E-state index in [1.165, 1.54) is 18.2 Å². The monoisotopic (exact) mass is 366 g/mol. The molecule has 1 atom stereocenters. The molecule has 2 N–H and O–H groups in total. The van der Waals surface area contributed by atoms with Crippen molar-refractivity contribution in [3.05, 3.63) is 53.1 Å². The molecule has 0 saturated heterocycles. The van der Waals surface area contributed by atoms with Crippen molar-refractivity contribution in [3.63, 3.8) is 0 Å². The second-order valence-electron chi connectivity index (χ2n) is 5.36. The molecule has 1 heterocycles. The highest BCUT2D eigenvalue weighted by atomic mass is 35.5. The summed E-state index contributed by atoms with van der Waals surface area (Å²) in [6.07, 6.45) is -0.608. The highest BCUT2D eigenvalue weighted by Crippen LogP contribution is 2.31. The first kappa shape index (κ1) is 16.8. The molecule has 0 aliphatic carbocycles. The van der Waals surface area contributed by atoms with Gasteiger partial charge < -0.3 is 10.1 Å². The Hall–Kier alpha value is -2.09. The van der Waals surface area contributed by atoms with E-state index in [0.29, 0.717) is 16.5 Å². The Morgan fingerprint density at radius 1 is 1.21 bits per heavy atom. The standard InChI is InChI=1S/C16H15ClN2O4S/c1-10-16(20)19-14-8-13(6-7-15(14)23-10)24(21,22)18-9-11-2-4-12(17)5-3-11/h2-8,10,18H,9H2,1H3,(H,19,20). The largest absolute Gasteiger partial charge is 0.479 e. The average Bonchev–Trinajstić information content (AvgIpc) is 2.55. The fraction of sp³-hybridized carbons (Fsp3) is 0.188. The molecule has 0 spiro atoms. The molecule has 24 heavy (non-hydrogen) atoms. The van der Waals surface area contributed by atoms with Crippen LogP contribution in [0.25, 0.3) is 0 Å². The first-order valence-electron chi connectivity index (χ1n) is 7.21. The SMILES string of the molecule is CC1Oc2ccc(S(=O)(=O)NCc3ccc(Cl)cc3)cc2NC1=O. The summed E-state index contributed by atoms with van der Waals surface area (Å²) in [4.78, 5) is 11.7. The van der Waals surface area contributed by atoms with Gasteiger partial charge in [0.15, 0.2) is 6.10 Å². The Morgan fingerprint density at radius 2 is 1.92 bits per heavy atom. The molecule has 2 aromatic carbocycles. The number of hydrogen-bond acceptors (Lipinski definition) is 4.